The lowest BCUT2D eigenvalue weighted by Crippen LogP contribution is -2.61. The topological polar surface area (TPSA) is 79.7 Å². The number of hydrogen-bond donors (Lipinski definition) is 1. The van der Waals surface area contributed by atoms with Crippen LogP contribution < -0.4 is 4.74 Å². The molecule has 1 N–H and O–H groups in total. The lowest BCUT2D eigenvalue weighted by atomic mass is 9.92. The van der Waals surface area contributed by atoms with E-state index in [-0.39, 0.29) is 29.0 Å². The van der Waals surface area contributed by atoms with Crippen molar-refractivity contribution in [2.45, 2.75) is 29.9 Å². The number of ether oxygens (including phenoxy) is 1. The van der Waals surface area contributed by atoms with Gasteiger partial charge in [-0.15, -0.1) is 11.8 Å². The Morgan fingerprint density at radius 3 is 2.50 bits per heavy atom. The van der Waals surface area contributed by atoms with E-state index in [4.69, 9.17) is 14.6 Å². The van der Waals surface area contributed by atoms with Gasteiger partial charge in [0, 0.05) is 31.5 Å². The van der Waals surface area contributed by atoms with Crippen LogP contribution in [0.1, 0.15) is 12.0 Å². The number of aromatic nitrogens is 1. The van der Waals surface area contributed by atoms with Crippen molar-refractivity contribution in [2.75, 3.05) is 18.8 Å². The Bertz CT molecular complexity index is 952. The summed E-state index contributed by atoms with van der Waals surface area (Å²) in [5.74, 6) is -1.37. The van der Waals surface area contributed by atoms with E-state index in [1.807, 2.05) is 28.8 Å². The molecule has 1 unspecified atom stereocenters. The van der Waals surface area contributed by atoms with Crippen molar-refractivity contribution in [3.8, 4) is 5.75 Å². The van der Waals surface area contributed by atoms with Gasteiger partial charge < -0.3 is 14.7 Å². The van der Waals surface area contributed by atoms with Crippen molar-refractivity contribution in [1.82, 2.24) is 9.88 Å². The van der Waals surface area contributed by atoms with E-state index in [0.717, 1.165) is 31.0 Å². The molecule has 1 aromatic carbocycles. The second-order valence-electron chi connectivity index (χ2n) is 7.45. The van der Waals surface area contributed by atoms with Crippen LogP contribution in [0, 0.1) is 5.82 Å². The molecule has 2 aliphatic heterocycles. The highest BCUT2D eigenvalue weighted by Crippen LogP contribution is 2.46. The molecule has 1 aromatic heterocycles. The quantitative estimate of drug-likeness (QED) is 0.686. The van der Waals surface area contributed by atoms with E-state index in [2.05, 4.69) is 4.98 Å². The van der Waals surface area contributed by atoms with Gasteiger partial charge in [-0.05, 0) is 23.8 Å². The monoisotopic (exact) mass is 472 g/mol. The number of rotatable bonds is 4. The van der Waals surface area contributed by atoms with Crippen LogP contribution in [0.15, 0.2) is 48.8 Å². The molecule has 11 heteroatoms. The van der Waals surface area contributed by atoms with Crippen LogP contribution in [0.2, 0.25) is 0 Å². The maximum Gasteiger partial charge on any atom is 0.490 e. The first-order valence-corrected chi connectivity index (χ1v) is 10.6. The van der Waals surface area contributed by atoms with Crippen molar-refractivity contribution in [3.05, 3.63) is 60.2 Å². The SMILES string of the molecule is O=C(Cc1ccccc1F)N1CC2(CC(Oc3cccnc3)CS2)C1.O=C(O)C(F)(F)F. The molecule has 4 rings (SSSR count). The fraction of sp³-hybridized carbons (Fsp3) is 0.381. The number of pyridine rings is 1. The summed E-state index contributed by atoms with van der Waals surface area (Å²) in [6.07, 6.45) is -0.430. The molecular weight excluding hydrogens is 452 g/mol. The summed E-state index contributed by atoms with van der Waals surface area (Å²) in [7, 11) is 0. The molecule has 3 heterocycles. The van der Waals surface area contributed by atoms with Gasteiger partial charge in [-0.3, -0.25) is 9.78 Å². The highest BCUT2D eigenvalue weighted by atomic mass is 32.2. The van der Waals surface area contributed by atoms with Gasteiger partial charge in [0.05, 0.1) is 17.4 Å². The Morgan fingerprint density at radius 1 is 1.22 bits per heavy atom. The summed E-state index contributed by atoms with van der Waals surface area (Å²) in [5, 5.41) is 7.12. The third kappa shape index (κ3) is 6.12. The Kier molecular flexibility index (Phi) is 7.27. The molecule has 6 nitrogen and oxygen atoms in total. The van der Waals surface area contributed by atoms with E-state index in [1.54, 1.807) is 30.6 Å². The van der Waals surface area contributed by atoms with Gasteiger partial charge in [0.25, 0.3) is 0 Å². The van der Waals surface area contributed by atoms with Gasteiger partial charge in [0.15, 0.2) is 0 Å². The Labute approximate surface area is 185 Å². The maximum absolute atomic E-state index is 13.7. The molecule has 172 valence electrons. The number of aliphatic carboxylic acids is 1. The Balaban J connectivity index is 0.000000360. The average Bonchev–Trinajstić information content (AvgIpc) is 3.13. The molecule has 2 aromatic rings. The predicted molar refractivity (Wildman–Crippen MR) is 109 cm³/mol. The number of nitrogens with zero attached hydrogens (tertiary/aromatic N) is 2. The first kappa shape index (κ1) is 23.8. The molecule has 32 heavy (non-hydrogen) atoms. The van der Waals surface area contributed by atoms with E-state index in [9.17, 15) is 22.4 Å². The normalized spacial score (nSPS) is 19.0. The van der Waals surface area contributed by atoms with Gasteiger partial charge >= 0.3 is 12.1 Å². The molecule has 2 fully saturated rings. The number of benzene rings is 1. The minimum absolute atomic E-state index is 0.00653. The number of alkyl halides is 3. The van der Waals surface area contributed by atoms with E-state index >= 15 is 0 Å². The number of carbonyl (C=O) groups excluding carboxylic acids is 1. The lowest BCUT2D eigenvalue weighted by Gasteiger charge is -2.47. The number of carbonyl (C=O) groups is 2. The standard InChI is InChI=1S/C19H19FN2O2S.C2HF3O2/c20-17-6-2-1-4-14(17)8-18(23)22-12-19(13-22)9-16(11-25-19)24-15-5-3-7-21-10-15;3-2(4,5)1(6)7/h1-7,10,16H,8-9,11-13H2;(H,6,7). The van der Waals surface area contributed by atoms with Crippen molar-refractivity contribution >= 4 is 23.6 Å². The summed E-state index contributed by atoms with van der Waals surface area (Å²) in [6.45, 7) is 1.44. The first-order valence-electron chi connectivity index (χ1n) is 9.60. The highest BCUT2D eigenvalue weighted by molar-refractivity contribution is 8.01. The Morgan fingerprint density at radius 2 is 1.91 bits per heavy atom. The van der Waals surface area contributed by atoms with Crippen molar-refractivity contribution in [2.24, 2.45) is 0 Å². The molecule has 0 saturated carbocycles. The zero-order chi connectivity index (χ0) is 23.4. The van der Waals surface area contributed by atoms with Gasteiger partial charge in [0.2, 0.25) is 5.91 Å². The van der Waals surface area contributed by atoms with Crippen LogP contribution >= 0.6 is 11.8 Å². The number of likely N-dealkylation sites (tertiary alicyclic amines) is 1. The van der Waals surface area contributed by atoms with Crippen LogP contribution in [0.4, 0.5) is 17.6 Å². The number of halogens is 4. The minimum atomic E-state index is -5.08. The molecule has 0 radical (unpaired) electrons. The molecule has 2 aliphatic rings. The fourth-order valence-electron chi connectivity index (χ4n) is 3.45. The number of thioether (sulfide) groups is 1. The second-order valence-corrected chi connectivity index (χ2v) is 8.94. The molecular formula is C21H20F4N2O4S. The molecule has 1 amide bonds. The number of amides is 1. The van der Waals surface area contributed by atoms with Gasteiger partial charge in [-0.2, -0.15) is 13.2 Å². The molecule has 1 atom stereocenters. The van der Waals surface area contributed by atoms with Crippen LogP contribution in [0.3, 0.4) is 0 Å². The Hall–Kier alpha value is -2.82. The van der Waals surface area contributed by atoms with Gasteiger partial charge in [-0.25, -0.2) is 9.18 Å². The number of hydrogen-bond acceptors (Lipinski definition) is 5. The van der Waals surface area contributed by atoms with Crippen LogP contribution in [0.5, 0.6) is 5.75 Å². The zero-order valence-electron chi connectivity index (χ0n) is 16.7. The maximum atomic E-state index is 13.7. The van der Waals surface area contributed by atoms with Crippen molar-refractivity contribution in [1.29, 1.82) is 0 Å². The average molecular weight is 472 g/mol. The van der Waals surface area contributed by atoms with Gasteiger partial charge in [0.1, 0.15) is 17.7 Å². The fourth-order valence-corrected chi connectivity index (χ4v) is 4.97. The summed E-state index contributed by atoms with van der Waals surface area (Å²) in [5.41, 5.74) is 0.463. The second kappa shape index (κ2) is 9.76. The molecule has 2 saturated heterocycles. The van der Waals surface area contributed by atoms with Crippen molar-refractivity contribution in [3.63, 3.8) is 0 Å². The predicted octanol–water partition coefficient (Wildman–Crippen LogP) is 3.56. The largest absolute Gasteiger partial charge is 0.490 e. The number of carboxylic acids is 1. The first-order chi connectivity index (χ1) is 15.1. The number of carboxylic acid groups (broad SMARTS) is 1. The summed E-state index contributed by atoms with van der Waals surface area (Å²) in [4.78, 5) is 27.2. The van der Waals surface area contributed by atoms with E-state index in [0.29, 0.717) is 5.56 Å². The van der Waals surface area contributed by atoms with Crippen LogP contribution in [0.25, 0.3) is 0 Å². The smallest absolute Gasteiger partial charge is 0.488 e. The van der Waals surface area contributed by atoms with Crippen molar-refractivity contribution < 1.29 is 37.0 Å². The summed E-state index contributed by atoms with van der Waals surface area (Å²) in [6, 6.07) is 10.2. The van der Waals surface area contributed by atoms with Crippen LogP contribution in [-0.4, -0.2) is 62.7 Å². The molecule has 0 bridgehead atoms. The summed E-state index contributed by atoms with van der Waals surface area (Å²) >= 11 is 1.88. The minimum Gasteiger partial charge on any atom is -0.488 e. The molecule has 1 spiro atoms. The summed E-state index contributed by atoms with van der Waals surface area (Å²) < 4.78 is 51.5. The zero-order valence-corrected chi connectivity index (χ0v) is 17.5. The lowest BCUT2D eigenvalue weighted by molar-refractivity contribution is -0.192. The third-order valence-electron chi connectivity index (χ3n) is 4.96. The van der Waals surface area contributed by atoms with E-state index in [1.165, 1.54) is 6.07 Å². The highest BCUT2D eigenvalue weighted by Gasteiger charge is 2.51. The van der Waals surface area contributed by atoms with Gasteiger partial charge in [-0.1, -0.05) is 18.2 Å². The van der Waals surface area contributed by atoms with Crippen LogP contribution in [-0.2, 0) is 16.0 Å². The third-order valence-corrected chi connectivity index (χ3v) is 6.54. The molecule has 0 aliphatic carbocycles. The van der Waals surface area contributed by atoms with E-state index < -0.39 is 12.1 Å².